The van der Waals surface area contributed by atoms with Gasteiger partial charge in [0.15, 0.2) is 0 Å². The molecule has 8 nitrogen and oxygen atoms in total. The van der Waals surface area contributed by atoms with E-state index in [2.05, 4.69) is 10.0 Å². The summed E-state index contributed by atoms with van der Waals surface area (Å²) in [6.07, 6.45) is 3.18. The van der Waals surface area contributed by atoms with Crippen LogP contribution in [-0.4, -0.2) is 25.2 Å². The number of fused-ring (bicyclic) bond motifs is 1. The van der Waals surface area contributed by atoms with Gasteiger partial charge in [-0.2, -0.15) is 5.10 Å². The van der Waals surface area contributed by atoms with E-state index < -0.39 is 17.2 Å². The quantitative estimate of drug-likeness (QED) is 0.242. The Kier molecular flexibility index (Phi) is 6.55. The first-order chi connectivity index (χ1) is 17.2. The van der Waals surface area contributed by atoms with Crippen molar-refractivity contribution < 1.29 is 8.94 Å². The van der Waals surface area contributed by atoms with E-state index >= 15 is 0 Å². The van der Waals surface area contributed by atoms with Gasteiger partial charge in [0, 0.05) is 21.7 Å². The van der Waals surface area contributed by atoms with E-state index in [0.29, 0.717) is 28.0 Å². The molecule has 1 aliphatic rings. The van der Waals surface area contributed by atoms with Crippen molar-refractivity contribution >= 4 is 61.9 Å². The van der Waals surface area contributed by atoms with E-state index in [1.807, 2.05) is 28.7 Å². The molecule has 0 spiro atoms. The third kappa shape index (κ3) is 4.50. The number of hydrogen-bond donors (Lipinski definition) is 2. The maximum absolute atomic E-state index is 14.8. The van der Waals surface area contributed by atoms with Gasteiger partial charge in [-0.15, -0.1) is 0 Å². The van der Waals surface area contributed by atoms with E-state index in [4.69, 9.17) is 5.10 Å². The minimum absolute atomic E-state index is 0.0365. The van der Waals surface area contributed by atoms with E-state index in [9.17, 15) is 18.5 Å². The van der Waals surface area contributed by atoms with Gasteiger partial charge in [0.25, 0.3) is 11.1 Å². The second-order valence-corrected chi connectivity index (χ2v) is 11.2. The van der Waals surface area contributed by atoms with Crippen LogP contribution in [0.3, 0.4) is 0 Å². The molecule has 5 rings (SSSR count). The Balaban J connectivity index is 1.84. The number of anilines is 3. The Morgan fingerprint density at radius 3 is 2.58 bits per heavy atom. The number of aryl methyl sites for hydroxylation is 1. The number of nitrogens with one attached hydrogen (secondary N) is 2. The average Bonchev–Trinajstić information content (AvgIpc) is 3.67. The summed E-state index contributed by atoms with van der Waals surface area (Å²) >= 11 is 0.739. The van der Waals surface area contributed by atoms with Crippen LogP contribution in [0.25, 0.3) is 22.2 Å². The van der Waals surface area contributed by atoms with Crippen molar-refractivity contribution in [2.24, 2.45) is 7.05 Å². The second-order valence-electron chi connectivity index (χ2n) is 8.80. The van der Waals surface area contributed by atoms with Crippen molar-refractivity contribution in [2.75, 3.05) is 16.3 Å². The number of hydrogen-bond acceptors (Lipinski definition) is 6. The summed E-state index contributed by atoms with van der Waals surface area (Å²) in [6.45, 7) is 1.62. The Labute approximate surface area is 223 Å². The van der Waals surface area contributed by atoms with Gasteiger partial charge in [0.2, 0.25) is 0 Å². The molecule has 186 valence electrons. The largest absolute Gasteiger partial charge is 0.593 e. The molecule has 0 amide bonds. The zero-order chi connectivity index (χ0) is 25.7. The number of benzene rings is 2. The normalized spacial score (nSPS) is 14.2. The summed E-state index contributed by atoms with van der Waals surface area (Å²) in [6, 6.07) is 11.8. The first kappa shape index (κ1) is 24.8. The van der Waals surface area contributed by atoms with Crippen LogP contribution in [0.1, 0.15) is 24.4 Å². The number of aromatic nitrogens is 3. The van der Waals surface area contributed by atoms with Gasteiger partial charge in [0.1, 0.15) is 17.8 Å². The molecule has 1 unspecified atom stereocenters. The highest BCUT2D eigenvalue weighted by atomic mass is 127. The molecule has 2 aromatic carbocycles. The van der Waals surface area contributed by atoms with Gasteiger partial charge < -0.3 is 14.4 Å². The fourth-order valence-electron chi connectivity index (χ4n) is 4.27. The minimum atomic E-state index is -1.28. The Morgan fingerprint density at radius 2 is 1.92 bits per heavy atom. The zero-order valence-electron chi connectivity index (χ0n) is 19.8. The molecule has 4 aromatic rings. The minimum Gasteiger partial charge on any atom is -0.593 e. The van der Waals surface area contributed by atoms with Crippen LogP contribution >= 0.6 is 22.6 Å². The maximum Gasteiger partial charge on any atom is 0.278 e. The van der Waals surface area contributed by atoms with Gasteiger partial charge in [0.05, 0.1) is 45.4 Å². The molecule has 0 bridgehead atoms. The smallest absolute Gasteiger partial charge is 0.278 e. The summed E-state index contributed by atoms with van der Waals surface area (Å²) in [4.78, 5) is 27.1. The molecule has 1 atom stereocenters. The Morgan fingerprint density at radius 1 is 1.17 bits per heavy atom. The van der Waals surface area contributed by atoms with E-state index in [0.717, 1.165) is 16.4 Å². The van der Waals surface area contributed by atoms with Crippen molar-refractivity contribution in [3.63, 3.8) is 0 Å². The Hall–Kier alpha value is -2.90. The predicted octanol–water partition coefficient (Wildman–Crippen LogP) is 4.60. The fraction of sp³-hybridized carbons (Fsp3) is 0.240. The summed E-state index contributed by atoms with van der Waals surface area (Å²) in [5, 5.41) is 8.00. The highest BCUT2D eigenvalue weighted by Crippen LogP contribution is 2.37. The molecular weight excluding hydrogens is 596 g/mol. The third-order valence-electron chi connectivity index (χ3n) is 6.16. The van der Waals surface area contributed by atoms with E-state index in [1.165, 1.54) is 21.6 Å². The molecule has 11 heteroatoms. The molecule has 1 saturated carbocycles. The molecule has 0 saturated heterocycles. The number of nitrogens with zero attached hydrogens (tertiary/aromatic N) is 3. The van der Waals surface area contributed by atoms with Crippen molar-refractivity contribution in [3.8, 4) is 11.3 Å². The van der Waals surface area contributed by atoms with Crippen molar-refractivity contribution in [1.29, 1.82) is 0 Å². The predicted molar refractivity (Wildman–Crippen MR) is 150 cm³/mol. The molecule has 2 heterocycles. The highest BCUT2D eigenvalue weighted by Gasteiger charge is 2.30. The lowest BCUT2D eigenvalue weighted by atomic mass is 10.0. The van der Waals surface area contributed by atoms with Crippen molar-refractivity contribution in [2.45, 2.75) is 25.8 Å². The fourth-order valence-corrected chi connectivity index (χ4v) is 5.19. The molecule has 0 radical (unpaired) electrons. The van der Waals surface area contributed by atoms with Gasteiger partial charge in [-0.05, 0) is 72.7 Å². The zero-order valence-corrected chi connectivity index (χ0v) is 22.7. The van der Waals surface area contributed by atoms with Crippen LogP contribution < -0.4 is 21.2 Å². The number of pyridine rings is 1. The molecule has 0 aliphatic heterocycles. The standard InChI is InChI=1S/C25H23FIN5O3S/c1-13-21(28-19-10-7-15(27)12-18(19)26)20-23(31(2)24(13)33)22(29-32(25(20)34)17-8-9-17)14-5-4-6-16(11-14)30-36(3)35/h4-7,10-12,17,28,30H,8-9H2,1-3H3. The maximum atomic E-state index is 14.8. The van der Waals surface area contributed by atoms with Gasteiger partial charge in [-0.25, -0.2) is 13.8 Å². The lowest BCUT2D eigenvalue weighted by Crippen LogP contribution is -2.29. The summed E-state index contributed by atoms with van der Waals surface area (Å²) in [5.41, 5.74) is 2.11. The van der Waals surface area contributed by atoms with E-state index in [1.54, 1.807) is 44.3 Å². The van der Waals surface area contributed by atoms with Crippen LogP contribution in [0, 0.1) is 16.3 Å². The second kappa shape index (κ2) is 9.52. The lowest BCUT2D eigenvalue weighted by Gasteiger charge is -2.19. The summed E-state index contributed by atoms with van der Waals surface area (Å²) < 4.78 is 33.0. The molecule has 36 heavy (non-hydrogen) atoms. The molecule has 1 fully saturated rings. The lowest BCUT2D eigenvalue weighted by molar-refractivity contribution is 0.605. The van der Waals surface area contributed by atoms with Crippen LogP contribution in [0.4, 0.5) is 21.5 Å². The number of halogens is 2. The first-order valence-electron chi connectivity index (χ1n) is 11.2. The van der Waals surface area contributed by atoms with Gasteiger partial charge in [-0.1, -0.05) is 12.1 Å². The Bertz CT molecular complexity index is 1630. The van der Waals surface area contributed by atoms with Crippen molar-refractivity contribution in [1.82, 2.24) is 14.3 Å². The molecule has 1 aliphatic carbocycles. The first-order valence-corrected chi connectivity index (χ1v) is 13.9. The third-order valence-corrected chi connectivity index (χ3v) is 7.35. The van der Waals surface area contributed by atoms with Crippen LogP contribution in [0.2, 0.25) is 0 Å². The van der Waals surface area contributed by atoms with Crippen molar-refractivity contribution in [3.05, 3.63) is 78.1 Å². The van der Waals surface area contributed by atoms with Crippen LogP contribution in [0.5, 0.6) is 0 Å². The topological polar surface area (TPSA) is 104 Å². The SMILES string of the molecule is Cc1c(Nc2ccc(I)cc2F)c2c(=O)n(C3CC3)nc(-c3cccc(N[S+](C)[O-])c3)c2n(C)c1=O. The van der Waals surface area contributed by atoms with Gasteiger partial charge >= 0.3 is 0 Å². The van der Waals surface area contributed by atoms with Gasteiger partial charge in [-0.3, -0.25) is 9.59 Å². The summed E-state index contributed by atoms with van der Waals surface area (Å²) in [7, 11) is 1.60. The molecular formula is C25H23FIN5O3S. The average molecular weight is 619 g/mol. The monoisotopic (exact) mass is 619 g/mol. The highest BCUT2D eigenvalue weighted by molar-refractivity contribution is 14.1. The van der Waals surface area contributed by atoms with E-state index in [-0.39, 0.29) is 33.9 Å². The van der Waals surface area contributed by atoms with Crippen LogP contribution in [-0.2, 0) is 18.4 Å². The molecule has 2 N–H and O–H groups in total. The number of rotatable bonds is 6. The summed E-state index contributed by atoms with van der Waals surface area (Å²) in [5.74, 6) is -0.488. The van der Waals surface area contributed by atoms with Crippen LogP contribution in [0.15, 0.2) is 52.1 Å². The molecule has 2 aromatic heterocycles.